The summed E-state index contributed by atoms with van der Waals surface area (Å²) in [5.41, 5.74) is 3.60. The molecule has 1 saturated carbocycles. The zero-order chi connectivity index (χ0) is 23.4. The van der Waals surface area contributed by atoms with Crippen molar-refractivity contribution in [3.63, 3.8) is 0 Å². The van der Waals surface area contributed by atoms with Crippen LogP contribution in [0.5, 0.6) is 5.75 Å². The van der Waals surface area contributed by atoms with Crippen LogP contribution in [0.4, 0.5) is 0 Å². The number of nitrogens with zero attached hydrogens (tertiary/aromatic N) is 1. The largest absolute Gasteiger partial charge is 0.492 e. The highest BCUT2D eigenvalue weighted by molar-refractivity contribution is 7.89. The molecule has 1 aliphatic carbocycles. The third-order valence-corrected chi connectivity index (χ3v) is 8.19. The van der Waals surface area contributed by atoms with Crippen molar-refractivity contribution in [1.29, 1.82) is 0 Å². The van der Waals surface area contributed by atoms with Gasteiger partial charge < -0.3 is 15.0 Å². The number of ether oxygens (including phenoxy) is 1. The molecule has 34 heavy (non-hydrogen) atoms. The van der Waals surface area contributed by atoms with Crippen LogP contribution in [0, 0.1) is 5.92 Å². The van der Waals surface area contributed by atoms with Crippen molar-refractivity contribution in [2.24, 2.45) is 5.92 Å². The third kappa shape index (κ3) is 5.68. The van der Waals surface area contributed by atoms with E-state index in [9.17, 15) is 8.42 Å². The molecule has 1 fully saturated rings. The van der Waals surface area contributed by atoms with Gasteiger partial charge in [0.15, 0.2) is 5.03 Å². The Kier molecular flexibility index (Phi) is 6.99. The van der Waals surface area contributed by atoms with Crippen molar-refractivity contribution in [3.05, 3.63) is 77.7 Å². The van der Waals surface area contributed by atoms with Crippen LogP contribution in [-0.2, 0) is 22.9 Å². The molecule has 0 saturated heterocycles. The number of sulfonamides is 1. The molecule has 2 unspecified atom stereocenters. The number of fused-ring (bicyclic) bond motifs is 1. The summed E-state index contributed by atoms with van der Waals surface area (Å²) in [7, 11) is -3.58. The Morgan fingerprint density at radius 3 is 2.68 bits per heavy atom. The van der Waals surface area contributed by atoms with Crippen LogP contribution in [0.2, 0.25) is 0 Å². The zero-order valence-electron chi connectivity index (χ0n) is 19.2. The fourth-order valence-electron chi connectivity index (χ4n) is 4.69. The molecule has 2 aromatic carbocycles. The molecule has 0 bridgehead atoms. The van der Waals surface area contributed by atoms with Gasteiger partial charge in [-0.15, -0.1) is 0 Å². The lowest BCUT2D eigenvalue weighted by Crippen LogP contribution is -2.44. The van der Waals surface area contributed by atoms with Crippen molar-refractivity contribution in [3.8, 4) is 5.75 Å². The highest BCUT2D eigenvalue weighted by atomic mass is 32.2. The Morgan fingerprint density at radius 1 is 1.06 bits per heavy atom. The van der Waals surface area contributed by atoms with Crippen LogP contribution >= 0.6 is 0 Å². The lowest BCUT2D eigenvalue weighted by Gasteiger charge is -2.35. The van der Waals surface area contributed by atoms with Gasteiger partial charge >= 0.3 is 0 Å². The summed E-state index contributed by atoms with van der Waals surface area (Å²) in [4.78, 5) is 6.44. The number of imidazole rings is 1. The molecule has 180 valence electrons. The average molecular weight is 481 g/mol. The molecule has 5 rings (SSSR count). The van der Waals surface area contributed by atoms with E-state index in [1.165, 1.54) is 42.9 Å². The topological polar surface area (TPSA) is 96.1 Å². The fourth-order valence-corrected chi connectivity index (χ4v) is 5.62. The first-order chi connectivity index (χ1) is 16.6. The summed E-state index contributed by atoms with van der Waals surface area (Å²) in [6.45, 7) is 2.00. The zero-order valence-corrected chi connectivity index (χ0v) is 20.1. The van der Waals surface area contributed by atoms with Gasteiger partial charge in [-0.25, -0.2) is 18.1 Å². The second kappa shape index (κ2) is 10.3. The summed E-state index contributed by atoms with van der Waals surface area (Å²) in [6, 6.07) is 17.1. The van der Waals surface area contributed by atoms with Crippen LogP contribution < -0.4 is 14.8 Å². The maximum Gasteiger partial charge on any atom is 0.257 e. The molecule has 8 heteroatoms. The maximum atomic E-state index is 12.4. The Bertz CT molecular complexity index is 1180. The first-order valence-corrected chi connectivity index (χ1v) is 13.6. The summed E-state index contributed by atoms with van der Waals surface area (Å²) in [5, 5.41) is 3.85. The average Bonchev–Trinajstić information content (AvgIpc) is 3.49. The van der Waals surface area contributed by atoms with Crippen LogP contribution in [0.15, 0.2) is 66.1 Å². The number of aromatic amines is 1. The lowest BCUT2D eigenvalue weighted by molar-refractivity contribution is 0.211. The summed E-state index contributed by atoms with van der Waals surface area (Å²) >= 11 is 0. The van der Waals surface area contributed by atoms with E-state index in [2.05, 4.69) is 56.4 Å². The van der Waals surface area contributed by atoms with Crippen molar-refractivity contribution in [2.75, 3.05) is 19.7 Å². The minimum absolute atomic E-state index is 0.0781. The molecule has 7 nitrogen and oxygen atoms in total. The van der Waals surface area contributed by atoms with Crippen LogP contribution in [0.25, 0.3) is 0 Å². The molecule has 2 aliphatic rings. The summed E-state index contributed by atoms with van der Waals surface area (Å²) in [6.07, 6.45) is 8.17. The predicted molar refractivity (Wildman–Crippen MR) is 131 cm³/mol. The van der Waals surface area contributed by atoms with E-state index in [-0.39, 0.29) is 11.1 Å². The van der Waals surface area contributed by atoms with E-state index < -0.39 is 10.0 Å². The molecular weight excluding hydrogens is 448 g/mol. The van der Waals surface area contributed by atoms with Crippen molar-refractivity contribution in [2.45, 2.75) is 49.1 Å². The van der Waals surface area contributed by atoms with Gasteiger partial charge in [0, 0.05) is 18.5 Å². The van der Waals surface area contributed by atoms with Crippen molar-refractivity contribution >= 4 is 10.0 Å². The second-order valence-electron chi connectivity index (χ2n) is 9.34. The maximum absolute atomic E-state index is 12.4. The second-order valence-corrected chi connectivity index (χ2v) is 11.1. The first-order valence-electron chi connectivity index (χ1n) is 12.1. The minimum Gasteiger partial charge on any atom is -0.492 e. The first kappa shape index (κ1) is 23.1. The number of rotatable bonds is 11. The lowest BCUT2D eigenvalue weighted by atomic mass is 9.83. The number of hydrogen-bond acceptors (Lipinski definition) is 5. The van der Waals surface area contributed by atoms with Gasteiger partial charge in [0.25, 0.3) is 10.0 Å². The number of benzene rings is 2. The highest BCUT2D eigenvalue weighted by Gasteiger charge is 2.31. The van der Waals surface area contributed by atoms with Gasteiger partial charge in [-0.3, -0.25) is 0 Å². The number of aromatic nitrogens is 2. The van der Waals surface area contributed by atoms with E-state index in [0.717, 1.165) is 30.2 Å². The number of nitrogens with one attached hydrogen (secondary N) is 3. The van der Waals surface area contributed by atoms with E-state index in [1.54, 1.807) is 0 Å². The van der Waals surface area contributed by atoms with Crippen molar-refractivity contribution in [1.82, 2.24) is 20.0 Å². The van der Waals surface area contributed by atoms with E-state index in [1.807, 2.05) is 12.1 Å². The number of H-pyrrole nitrogens is 1. The van der Waals surface area contributed by atoms with Crippen LogP contribution in [-0.4, -0.2) is 44.1 Å². The van der Waals surface area contributed by atoms with Gasteiger partial charge in [0.1, 0.15) is 12.4 Å². The van der Waals surface area contributed by atoms with Gasteiger partial charge in [-0.2, -0.15) is 0 Å². The van der Waals surface area contributed by atoms with E-state index >= 15 is 0 Å². The van der Waals surface area contributed by atoms with Gasteiger partial charge in [-0.05, 0) is 54.5 Å². The highest BCUT2D eigenvalue weighted by Crippen LogP contribution is 2.37. The third-order valence-electron chi connectivity index (χ3n) is 6.80. The smallest absolute Gasteiger partial charge is 0.257 e. The van der Waals surface area contributed by atoms with Gasteiger partial charge in [0.2, 0.25) is 0 Å². The normalized spacial score (nSPS) is 20.0. The summed E-state index contributed by atoms with van der Waals surface area (Å²) < 4.78 is 33.5. The molecule has 2 atom stereocenters. The molecule has 2 heterocycles. The molecule has 1 aliphatic heterocycles. The van der Waals surface area contributed by atoms with Gasteiger partial charge in [0.05, 0.1) is 12.5 Å². The molecule has 0 spiro atoms. The predicted octanol–water partition coefficient (Wildman–Crippen LogP) is 3.41. The molecule has 0 amide bonds. The standard InChI is InChI=1S/C26H32N4O3S/c31-34(32,26-16-27-18-29-26)30-13-11-21-8-9-25-23(15-21)22(14-20-4-2-1-3-5-20)24(17-33-25)28-12-10-19-6-7-19/h1-5,8-9,15-16,18-19,22,24,28,30H,6-7,10-14,17H2,(H,27,29). The number of hydrogen-bond donors (Lipinski definition) is 3. The van der Waals surface area contributed by atoms with Crippen LogP contribution in [0.1, 0.15) is 41.9 Å². The van der Waals surface area contributed by atoms with E-state index in [0.29, 0.717) is 25.5 Å². The van der Waals surface area contributed by atoms with E-state index in [4.69, 9.17) is 4.74 Å². The van der Waals surface area contributed by atoms with Gasteiger partial charge in [-0.1, -0.05) is 55.3 Å². The SMILES string of the molecule is O=S(=O)(NCCc1ccc2c(c1)C(Cc1ccccc1)C(NCCC1CC1)CO2)c1cnc[nH]1. The fraction of sp³-hybridized carbons (Fsp3) is 0.423. The van der Waals surface area contributed by atoms with Crippen LogP contribution in [0.3, 0.4) is 0 Å². The Balaban J connectivity index is 1.30. The monoisotopic (exact) mass is 480 g/mol. The summed E-state index contributed by atoms with van der Waals surface area (Å²) in [5.74, 6) is 2.13. The molecule has 0 radical (unpaired) electrons. The quantitative estimate of drug-likeness (QED) is 0.391. The molecule has 3 N–H and O–H groups in total. The molecular formula is C26H32N4O3S. The Morgan fingerprint density at radius 2 is 1.91 bits per heavy atom. The molecule has 3 aromatic rings. The van der Waals surface area contributed by atoms with Crippen molar-refractivity contribution < 1.29 is 13.2 Å². The Hall–Kier alpha value is -2.68. The molecule has 1 aromatic heterocycles. The Labute approximate surface area is 201 Å². The minimum atomic E-state index is -3.58.